The van der Waals surface area contributed by atoms with Crippen molar-refractivity contribution in [3.63, 3.8) is 0 Å². The highest BCUT2D eigenvalue weighted by Crippen LogP contribution is 2.23. The average molecular weight is 194 g/mol. The summed E-state index contributed by atoms with van der Waals surface area (Å²) in [5.74, 6) is -0.124. The molecule has 0 aliphatic carbocycles. The van der Waals surface area contributed by atoms with Gasteiger partial charge in [0.05, 0.1) is 10.6 Å². The Balaban J connectivity index is 3.47. The molecule has 0 spiro atoms. The van der Waals surface area contributed by atoms with Crippen molar-refractivity contribution in [1.82, 2.24) is 0 Å². The number of hydrogen-bond acceptors (Lipinski definition) is 2. The molecule has 3 heteroatoms. The molecule has 1 aromatic rings. The van der Waals surface area contributed by atoms with E-state index < -0.39 is 0 Å². The maximum atomic E-state index is 11.1. The summed E-state index contributed by atoms with van der Waals surface area (Å²) in [7, 11) is 0. The molecule has 0 amide bonds. The van der Waals surface area contributed by atoms with Crippen LogP contribution in [0.25, 0.3) is 0 Å². The van der Waals surface area contributed by atoms with E-state index in [0.717, 1.165) is 5.56 Å². The minimum absolute atomic E-state index is 0.124. The normalized spacial score (nSPS) is 9.38. The second kappa shape index (κ2) is 3.59. The smallest absolute Gasteiger partial charge is 0.161 e. The second-order valence-electron chi connectivity index (χ2n) is 2.79. The number of rotatable bonds is 1. The van der Waals surface area contributed by atoms with Gasteiger partial charge in [0.25, 0.3) is 0 Å². The molecule has 2 nitrogen and oxygen atoms in total. The fraction of sp³-hybridized carbons (Fsp3) is 0.200. The van der Waals surface area contributed by atoms with Crippen molar-refractivity contribution in [2.45, 2.75) is 13.8 Å². The van der Waals surface area contributed by atoms with Gasteiger partial charge in [-0.25, -0.2) is 0 Å². The van der Waals surface area contributed by atoms with E-state index in [-0.39, 0.29) is 10.8 Å². The van der Waals surface area contributed by atoms with Gasteiger partial charge < -0.3 is 0 Å². The number of ketones is 1. The predicted octanol–water partition coefficient (Wildman–Crippen LogP) is 2.72. The molecule has 66 valence electrons. The number of Topliss-reactive ketones (excluding diaryl/α,β-unsaturated/α-hetero) is 1. The number of halogens is 1. The quantitative estimate of drug-likeness (QED) is 0.644. The summed E-state index contributed by atoms with van der Waals surface area (Å²) in [6.07, 6.45) is 0. The molecule has 0 bridgehead atoms. The Morgan fingerprint density at radius 2 is 2.15 bits per heavy atom. The van der Waals surface area contributed by atoms with Gasteiger partial charge in [-0.15, -0.1) is 0 Å². The molecule has 0 fully saturated rings. The third-order valence-electron chi connectivity index (χ3n) is 1.84. The molecule has 1 rings (SSSR count). The fourth-order valence-corrected chi connectivity index (χ4v) is 1.47. The molecule has 13 heavy (non-hydrogen) atoms. The van der Waals surface area contributed by atoms with Gasteiger partial charge in [0, 0.05) is 5.56 Å². The molecular formula is C10H8ClNO. The lowest BCUT2D eigenvalue weighted by atomic mass is 10.0. The van der Waals surface area contributed by atoms with Crippen molar-refractivity contribution in [3.8, 4) is 6.07 Å². The third-order valence-corrected chi connectivity index (χ3v) is 2.23. The van der Waals surface area contributed by atoms with Gasteiger partial charge in [-0.3, -0.25) is 4.79 Å². The number of carbonyl (C=O) groups excluding carboxylic acids is 1. The van der Waals surface area contributed by atoms with Crippen LogP contribution in [0, 0.1) is 18.3 Å². The maximum absolute atomic E-state index is 11.1. The first-order valence-corrected chi connectivity index (χ1v) is 4.16. The van der Waals surface area contributed by atoms with Gasteiger partial charge in [-0.1, -0.05) is 17.7 Å². The van der Waals surface area contributed by atoms with Gasteiger partial charge in [0.1, 0.15) is 6.07 Å². The molecule has 0 heterocycles. The molecule has 1 aromatic carbocycles. The van der Waals surface area contributed by atoms with Crippen LogP contribution >= 0.6 is 11.6 Å². The first-order valence-electron chi connectivity index (χ1n) is 3.78. The Labute approximate surface area is 81.7 Å². The highest BCUT2D eigenvalue weighted by Gasteiger charge is 2.11. The Hall–Kier alpha value is -1.33. The van der Waals surface area contributed by atoms with Crippen LogP contribution in [0.15, 0.2) is 12.1 Å². The summed E-state index contributed by atoms with van der Waals surface area (Å²) in [5.41, 5.74) is 1.58. The minimum atomic E-state index is -0.124. The summed E-state index contributed by atoms with van der Waals surface area (Å²) in [5, 5.41) is 9.02. The van der Waals surface area contributed by atoms with Gasteiger partial charge in [0.15, 0.2) is 5.78 Å². The van der Waals surface area contributed by atoms with Crippen molar-refractivity contribution in [1.29, 1.82) is 5.26 Å². The summed E-state index contributed by atoms with van der Waals surface area (Å²) in [6, 6.07) is 5.34. The van der Waals surface area contributed by atoms with E-state index in [4.69, 9.17) is 16.9 Å². The molecule has 0 unspecified atom stereocenters. The zero-order valence-electron chi connectivity index (χ0n) is 7.39. The van der Waals surface area contributed by atoms with E-state index in [9.17, 15) is 4.79 Å². The standard InChI is InChI=1S/C10H8ClNO/c1-6-3-4-8(7(2)13)10(11)9(6)5-12/h3-4H,1-2H3. The lowest BCUT2D eigenvalue weighted by Crippen LogP contribution is -1.96. The summed E-state index contributed by atoms with van der Waals surface area (Å²) in [6.45, 7) is 3.21. The molecule has 0 saturated carbocycles. The molecule has 0 saturated heterocycles. The lowest BCUT2D eigenvalue weighted by molar-refractivity contribution is 0.101. The molecule has 0 N–H and O–H groups in total. The van der Waals surface area contributed by atoms with E-state index in [1.807, 2.05) is 6.07 Å². The predicted molar refractivity (Wildman–Crippen MR) is 50.9 cm³/mol. The van der Waals surface area contributed by atoms with Crippen molar-refractivity contribution in [3.05, 3.63) is 33.8 Å². The second-order valence-corrected chi connectivity index (χ2v) is 3.16. The van der Waals surface area contributed by atoms with Crippen molar-refractivity contribution < 1.29 is 4.79 Å². The molecule has 0 atom stereocenters. The number of hydrogen-bond donors (Lipinski definition) is 0. The van der Waals surface area contributed by atoms with Gasteiger partial charge in [-0.05, 0) is 25.5 Å². The van der Waals surface area contributed by atoms with Crippen LogP contribution in [0.5, 0.6) is 0 Å². The lowest BCUT2D eigenvalue weighted by Gasteiger charge is -2.03. The van der Waals surface area contributed by atoms with Crippen LogP contribution in [0.1, 0.15) is 28.4 Å². The number of nitriles is 1. The summed E-state index contributed by atoms with van der Waals surface area (Å²) in [4.78, 5) is 11.1. The average Bonchev–Trinajstić information content (AvgIpc) is 2.04. The minimum Gasteiger partial charge on any atom is -0.294 e. The number of nitrogens with zero attached hydrogens (tertiary/aromatic N) is 1. The molecule has 0 aromatic heterocycles. The molecular weight excluding hydrogens is 186 g/mol. The van der Waals surface area contributed by atoms with E-state index in [1.165, 1.54) is 6.92 Å². The van der Waals surface area contributed by atoms with Gasteiger partial charge >= 0.3 is 0 Å². The van der Waals surface area contributed by atoms with Crippen LogP contribution in [-0.4, -0.2) is 5.78 Å². The van der Waals surface area contributed by atoms with E-state index in [2.05, 4.69) is 0 Å². The Bertz CT molecular complexity index is 404. The Morgan fingerprint density at radius 1 is 1.54 bits per heavy atom. The summed E-state index contributed by atoms with van der Waals surface area (Å²) < 4.78 is 0. The van der Waals surface area contributed by atoms with Crippen molar-refractivity contribution in [2.75, 3.05) is 0 Å². The van der Waals surface area contributed by atoms with Gasteiger partial charge in [0.2, 0.25) is 0 Å². The number of carbonyl (C=O) groups is 1. The van der Waals surface area contributed by atoms with Gasteiger partial charge in [-0.2, -0.15) is 5.26 Å². The fourth-order valence-electron chi connectivity index (χ4n) is 1.08. The highest BCUT2D eigenvalue weighted by molar-refractivity contribution is 6.35. The number of benzene rings is 1. The van der Waals surface area contributed by atoms with E-state index >= 15 is 0 Å². The Kier molecular flexibility index (Phi) is 2.69. The zero-order valence-corrected chi connectivity index (χ0v) is 8.14. The van der Waals surface area contributed by atoms with Crippen LogP contribution in [-0.2, 0) is 0 Å². The van der Waals surface area contributed by atoms with E-state index in [0.29, 0.717) is 11.1 Å². The molecule has 0 aliphatic rings. The maximum Gasteiger partial charge on any atom is 0.161 e. The largest absolute Gasteiger partial charge is 0.294 e. The van der Waals surface area contributed by atoms with Crippen LogP contribution < -0.4 is 0 Å². The summed E-state index contributed by atoms with van der Waals surface area (Å²) >= 11 is 5.87. The van der Waals surface area contributed by atoms with Crippen molar-refractivity contribution >= 4 is 17.4 Å². The van der Waals surface area contributed by atoms with Crippen LogP contribution in [0.4, 0.5) is 0 Å². The van der Waals surface area contributed by atoms with Crippen LogP contribution in [0.3, 0.4) is 0 Å². The first-order chi connectivity index (χ1) is 6.07. The molecule has 0 radical (unpaired) electrons. The first kappa shape index (κ1) is 9.76. The Morgan fingerprint density at radius 3 is 2.62 bits per heavy atom. The van der Waals surface area contributed by atoms with Crippen molar-refractivity contribution in [2.24, 2.45) is 0 Å². The van der Waals surface area contributed by atoms with E-state index in [1.54, 1.807) is 19.1 Å². The zero-order chi connectivity index (χ0) is 10.0. The third kappa shape index (κ3) is 1.71. The SMILES string of the molecule is CC(=O)c1ccc(C)c(C#N)c1Cl. The number of aryl methyl sites for hydroxylation is 1. The van der Waals surface area contributed by atoms with Crippen LogP contribution in [0.2, 0.25) is 5.02 Å². The molecule has 0 aliphatic heterocycles. The highest BCUT2D eigenvalue weighted by atomic mass is 35.5. The monoisotopic (exact) mass is 193 g/mol. The topological polar surface area (TPSA) is 40.9 Å².